The highest BCUT2D eigenvalue weighted by molar-refractivity contribution is 6.57. The number of hydrogen-bond acceptors (Lipinski definition) is 32. The number of rotatable bonds is 90. The van der Waals surface area contributed by atoms with Gasteiger partial charge < -0.3 is 169 Å². The van der Waals surface area contributed by atoms with Crippen LogP contribution in [0.3, 0.4) is 0 Å². The minimum absolute atomic E-state index is 0.000631. The summed E-state index contributed by atoms with van der Waals surface area (Å²) in [5.74, 6) is -3.32. The van der Waals surface area contributed by atoms with Crippen molar-refractivity contribution in [3.8, 4) is 0 Å². The van der Waals surface area contributed by atoms with Crippen molar-refractivity contribution >= 4 is 91.5 Å². The normalized spacial score (nSPS) is 11.5. The lowest BCUT2D eigenvalue weighted by Crippen LogP contribution is -2.42. The number of carbonyl (C=O) groups excluding carboxylic acids is 14. The Balaban J connectivity index is 6.74. The van der Waals surface area contributed by atoms with Gasteiger partial charge in [0.25, 0.3) is 0 Å². The van der Waals surface area contributed by atoms with Crippen molar-refractivity contribution in [2.45, 2.75) is 161 Å². The smallest absolute Gasteiger partial charge is 0.390 e. The maximum absolute atomic E-state index is 13.8. The molecule has 47 heteroatoms. The Labute approximate surface area is 772 Å². The number of nitrogens with one attached hydrogen (secondary N) is 14. The van der Waals surface area contributed by atoms with Crippen molar-refractivity contribution in [2.24, 2.45) is 45.9 Å². The molecule has 754 valence electrons. The zero-order chi connectivity index (χ0) is 96.3. The van der Waals surface area contributed by atoms with Crippen molar-refractivity contribution in [2.75, 3.05) is 288 Å². The van der Waals surface area contributed by atoms with Crippen LogP contribution in [0, 0.1) is 0 Å². The molecule has 0 aromatic rings. The van der Waals surface area contributed by atoms with Crippen LogP contribution in [0.25, 0.3) is 0 Å². The molecule has 0 aromatic heterocycles. The molecule has 46 nitrogen and oxygen atoms in total. The average molecular weight is 1880 g/mol. The summed E-state index contributed by atoms with van der Waals surface area (Å²) in [6.45, 7) is 15.1. The molecule has 0 radical (unpaired) electrons. The summed E-state index contributed by atoms with van der Waals surface area (Å²) < 4.78 is 5.26. The van der Waals surface area contributed by atoms with Gasteiger partial charge in [0.1, 0.15) is 0 Å². The van der Waals surface area contributed by atoms with E-state index in [2.05, 4.69) is 74.4 Å². The molecule has 0 bridgehead atoms. The summed E-state index contributed by atoms with van der Waals surface area (Å²) in [6.07, 6.45) is 6.39. The quantitative estimate of drug-likeness (QED) is 0.0199. The minimum atomic E-state index is -4.03. The van der Waals surface area contributed by atoms with Gasteiger partial charge >= 0.3 is 8.80 Å². The van der Waals surface area contributed by atoms with E-state index in [0.29, 0.717) is 235 Å². The minimum Gasteiger partial charge on any atom is -0.390 e. The molecule has 0 fully saturated rings. The van der Waals surface area contributed by atoms with Crippen molar-refractivity contribution in [1.29, 1.82) is 0 Å². The zero-order valence-corrected chi connectivity index (χ0v) is 79.4. The Morgan fingerprint density at radius 3 is 0.446 bits per heavy atom. The highest BCUT2D eigenvalue weighted by atomic mass is 28.4. The topological polar surface area (TPSA) is 688 Å². The first-order valence-electron chi connectivity index (χ1n) is 47.2. The first-order valence-corrected chi connectivity index (χ1v) is 49.2. The SMILES string of the molecule is CCO[Si](O)(O)CCCN(CCC(=O)NCCN(CCC(=O)NCCN(CCC(=O)NCCCN)CCC(=O)NCCCN)CCC(=O)NCCN(CCC(=O)NCCCN)CCC(=O)NCCCN)CCC(=O)NCCN(CCC(=O)NCCN(CCC(=O)NCCCN)CCC(=O)NCCCN)CCC(=O)NCCN(CCC(=O)NCCCN)CCC(=O)NCCCN. The molecule has 0 atom stereocenters. The molecule has 0 saturated heterocycles. The van der Waals surface area contributed by atoms with Crippen LogP contribution in [0.2, 0.25) is 6.04 Å². The van der Waals surface area contributed by atoms with E-state index in [4.69, 9.17) is 50.3 Å². The molecule has 32 N–H and O–H groups in total. The molecule has 0 aliphatic rings. The zero-order valence-electron chi connectivity index (χ0n) is 78.4. The molecule has 0 spiro atoms. The van der Waals surface area contributed by atoms with E-state index in [-0.39, 0.29) is 290 Å². The van der Waals surface area contributed by atoms with Gasteiger partial charge in [0.15, 0.2) is 0 Å². The fourth-order valence-corrected chi connectivity index (χ4v) is 14.0. The van der Waals surface area contributed by atoms with Crippen molar-refractivity contribution in [1.82, 2.24) is 109 Å². The number of nitrogens with two attached hydrogens (primary N) is 8. The van der Waals surface area contributed by atoms with Crippen molar-refractivity contribution in [3.63, 3.8) is 0 Å². The molecular formula is C83H171N29O17Si. The van der Waals surface area contributed by atoms with E-state index in [1.54, 1.807) is 6.92 Å². The van der Waals surface area contributed by atoms with E-state index < -0.39 is 8.80 Å². The molecule has 14 amide bonds. The molecule has 0 unspecified atom stereocenters. The van der Waals surface area contributed by atoms with E-state index in [0.717, 1.165) is 0 Å². The van der Waals surface area contributed by atoms with Gasteiger partial charge in [0.05, 0.1) is 0 Å². The Kier molecular flexibility index (Phi) is 79.0. The lowest BCUT2D eigenvalue weighted by molar-refractivity contribution is -0.123. The summed E-state index contributed by atoms with van der Waals surface area (Å²) in [4.78, 5) is 218. The standard InChI is InChI=1S/C83H171N29O17Si/c1-2-129-130(127,128)69-11-48-106(49-12-78(121)100-42-67-111(59-22-80(123)102-44-63-107(51-14-70(113)92-34-3-26-84)52-15-71(114)93-35-4-27-85)60-23-81(124)103-45-64-108(53-16-72(115)94-36-5-28-86)54-17-73(116)95-37-6-29-87)50-13-79(122)101-43-68-112(61-24-82(125)104-46-65-109(55-18-74(117)96-38-7-30-88)56-19-75(118)97-39-8-31-89)62-25-83(126)105-47-66-110(57-20-76(119)98-40-9-32-90)58-21-77(120)99-41-10-33-91/h127-128H,2-69,84-91H2,1H3,(H,92,113)(H,93,114)(H,94,115)(H,95,116)(H,96,117)(H,97,118)(H,98,119)(H,99,120)(H,100,121)(H,101,122)(H,102,123)(H,103,124)(H,104,125)(H,105,126). The van der Waals surface area contributed by atoms with Crippen molar-refractivity contribution in [3.05, 3.63) is 0 Å². The number of carbonyl (C=O) groups is 14. The van der Waals surface area contributed by atoms with Crippen LogP contribution in [0.4, 0.5) is 0 Å². The molecule has 0 aliphatic heterocycles. The Morgan fingerprint density at radius 1 is 0.200 bits per heavy atom. The Morgan fingerprint density at radius 2 is 0.323 bits per heavy atom. The molecule has 0 aliphatic carbocycles. The highest BCUT2D eigenvalue weighted by Crippen LogP contribution is 2.11. The molecule has 0 aromatic carbocycles. The second kappa shape index (κ2) is 84.1. The second-order valence-corrected chi connectivity index (χ2v) is 34.0. The van der Waals surface area contributed by atoms with Crippen LogP contribution in [-0.2, 0) is 71.5 Å². The Hall–Kier alpha value is -7.92. The number of hydrogen-bond donors (Lipinski definition) is 24. The van der Waals surface area contributed by atoms with Gasteiger partial charge in [-0.05, 0) is 124 Å². The molecular weight excluding hydrogens is 1700 g/mol. The van der Waals surface area contributed by atoms with E-state index in [1.165, 1.54) is 0 Å². The maximum atomic E-state index is 13.8. The lowest BCUT2D eigenvalue weighted by atomic mass is 10.2. The summed E-state index contributed by atoms with van der Waals surface area (Å²) in [5, 5.41) is 40.4. The van der Waals surface area contributed by atoms with Crippen molar-refractivity contribution < 1.29 is 81.1 Å². The summed E-state index contributed by atoms with van der Waals surface area (Å²) >= 11 is 0. The fourth-order valence-electron chi connectivity index (χ4n) is 12.8. The highest BCUT2D eigenvalue weighted by Gasteiger charge is 2.31. The summed E-state index contributed by atoms with van der Waals surface area (Å²) in [7, 11) is -4.03. The van der Waals surface area contributed by atoms with Gasteiger partial charge in [-0.1, -0.05) is 0 Å². The van der Waals surface area contributed by atoms with E-state index >= 15 is 0 Å². The van der Waals surface area contributed by atoms with E-state index in [1.807, 2.05) is 34.3 Å². The van der Waals surface area contributed by atoms with Gasteiger partial charge in [0, 0.05) is 325 Å². The first-order chi connectivity index (χ1) is 62.7. The van der Waals surface area contributed by atoms with Gasteiger partial charge in [-0.25, -0.2) is 0 Å². The van der Waals surface area contributed by atoms with Crippen LogP contribution in [0.1, 0.15) is 155 Å². The van der Waals surface area contributed by atoms with Crippen LogP contribution in [0.5, 0.6) is 0 Å². The third kappa shape index (κ3) is 76.6. The largest absolute Gasteiger partial charge is 0.495 e. The number of nitrogens with zero attached hydrogens (tertiary/aromatic N) is 7. The molecule has 0 saturated carbocycles. The third-order valence-electron chi connectivity index (χ3n) is 20.6. The monoisotopic (exact) mass is 1870 g/mol. The third-order valence-corrected chi connectivity index (χ3v) is 22.4. The second-order valence-electron chi connectivity index (χ2n) is 31.7. The predicted molar refractivity (Wildman–Crippen MR) is 502 cm³/mol. The van der Waals surface area contributed by atoms with Gasteiger partial charge in [-0.15, -0.1) is 0 Å². The summed E-state index contributed by atoms with van der Waals surface area (Å²) in [6, 6.07) is -0.0555. The fraction of sp³-hybridized carbons (Fsp3) is 0.831. The molecule has 0 heterocycles. The van der Waals surface area contributed by atoms with Gasteiger partial charge in [-0.3, -0.25) is 67.1 Å². The van der Waals surface area contributed by atoms with E-state index in [9.17, 15) is 76.7 Å². The van der Waals surface area contributed by atoms with Crippen LogP contribution >= 0.6 is 0 Å². The maximum Gasteiger partial charge on any atom is 0.495 e. The van der Waals surface area contributed by atoms with Gasteiger partial charge in [-0.2, -0.15) is 0 Å². The number of amides is 14. The predicted octanol–water partition coefficient (Wildman–Crippen LogP) is -9.67. The average Bonchev–Trinajstić information content (AvgIpc) is 0.909. The molecule has 0 rings (SSSR count). The van der Waals surface area contributed by atoms with Gasteiger partial charge in [0.2, 0.25) is 82.7 Å². The lowest BCUT2D eigenvalue weighted by Gasteiger charge is -2.25. The molecule has 130 heavy (non-hydrogen) atoms. The first kappa shape index (κ1) is 122. The summed E-state index contributed by atoms with van der Waals surface area (Å²) in [5.41, 5.74) is 44.8. The van der Waals surface area contributed by atoms with Crippen LogP contribution < -0.4 is 120 Å². The Bertz CT molecular complexity index is 2620. The van der Waals surface area contributed by atoms with Crippen LogP contribution in [0.15, 0.2) is 0 Å². The van der Waals surface area contributed by atoms with Crippen LogP contribution in [-0.4, -0.2) is 423 Å².